The predicted molar refractivity (Wildman–Crippen MR) is 75.0 cm³/mol. The minimum Gasteiger partial charge on any atom is -0.468 e. The smallest absolute Gasteiger partial charge is 0.114 e. The summed E-state index contributed by atoms with van der Waals surface area (Å²) in [5.41, 5.74) is -0.136. The van der Waals surface area contributed by atoms with Crippen molar-refractivity contribution in [1.29, 1.82) is 0 Å². The van der Waals surface area contributed by atoms with Gasteiger partial charge in [0.2, 0.25) is 0 Å². The third-order valence-electron chi connectivity index (χ3n) is 3.51. The Labute approximate surface area is 113 Å². The molecule has 1 atom stereocenters. The van der Waals surface area contributed by atoms with Crippen molar-refractivity contribution in [3.63, 3.8) is 0 Å². The number of rotatable bonds is 7. The Bertz CT molecular complexity index is 387. The van der Waals surface area contributed by atoms with E-state index < -0.39 is 0 Å². The molecule has 1 aromatic rings. The summed E-state index contributed by atoms with van der Waals surface area (Å²) in [6.45, 7) is 6.47. The van der Waals surface area contributed by atoms with Crippen molar-refractivity contribution in [2.24, 2.45) is 5.92 Å². The minimum absolute atomic E-state index is 0.136. The average Bonchev–Trinajstić information content (AvgIpc) is 3.09. The summed E-state index contributed by atoms with van der Waals surface area (Å²) in [7, 11) is 0. The standard InChI is InChI=1S/C14H23NO2S/c1-10(2)15-14(8-16,12-4-5-12)9-18-13-6-7-17-11(13)3/h6-7,10,12,15-16H,4-5,8-9H2,1-3H3. The first-order valence-electron chi connectivity index (χ1n) is 6.63. The normalized spacial score (nSPS) is 19.2. The summed E-state index contributed by atoms with van der Waals surface area (Å²) < 4.78 is 5.32. The van der Waals surface area contributed by atoms with E-state index in [9.17, 15) is 5.11 Å². The number of nitrogens with one attached hydrogen (secondary N) is 1. The van der Waals surface area contributed by atoms with Gasteiger partial charge in [-0.05, 0) is 31.7 Å². The Morgan fingerprint density at radius 1 is 1.56 bits per heavy atom. The quantitative estimate of drug-likeness (QED) is 0.747. The van der Waals surface area contributed by atoms with E-state index >= 15 is 0 Å². The Balaban J connectivity index is 2.03. The second kappa shape index (κ2) is 5.68. The summed E-state index contributed by atoms with van der Waals surface area (Å²) >= 11 is 1.78. The van der Waals surface area contributed by atoms with Crippen LogP contribution in [0.25, 0.3) is 0 Å². The van der Waals surface area contributed by atoms with Crippen LogP contribution in [0.3, 0.4) is 0 Å². The maximum atomic E-state index is 9.83. The molecule has 18 heavy (non-hydrogen) atoms. The molecule has 3 nitrogen and oxygen atoms in total. The van der Waals surface area contributed by atoms with Crippen molar-refractivity contribution in [1.82, 2.24) is 5.32 Å². The van der Waals surface area contributed by atoms with Crippen LogP contribution in [0.15, 0.2) is 21.6 Å². The molecule has 1 saturated carbocycles. The van der Waals surface area contributed by atoms with E-state index in [1.54, 1.807) is 18.0 Å². The molecule has 1 aliphatic rings. The van der Waals surface area contributed by atoms with Gasteiger partial charge in [0.05, 0.1) is 18.4 Å². The molecule has 0 spiro atoms. The van der Waals surface area contributed by atoms with Crippen LogP contribution < -0.4 is 5.32 Å². The fraction of sp³-hybridized carbons (Fsp3) is 0.714. The molecule has 0 aliphatic heterocycles. The van der Waals surface area contributed by atoms with Crippen LogP contribution in [0.2, 0.25) is 0 Å². The summed E-state index contributed by atoms with van der Waals surface area (Å²) in [5.74, 6) is 2.48. The molecule has 1 unspecified atom stereocenters. The molecular formula is C14H23NO2S. The van der Waals surface area contributed by atoms with E-state index in [-0.39, 0.29) is 12.1 Å². The van der Waals surface area contributed by atoms with E-state index in [1.807, 2.05) is 13.0 Å². The van der Waals surface area contributed by atoms with Gasteiger partial charge in [-0.2, -0.15) is 0 Å². The van der Waals surface area contributed by atoms with Crippen molar-refractivity contribution in [2.45, 2.75) is 50.1 Å². The third kappa shape index (κ3) is 3.11. The zero-order valence-corrected chi connectivity index (χ0v) is 12.2. The number of hydrogen-bond acceptors (Lipinski definition) is 4. The minimum atomic E-state index is -0.136. The monoisotopic (exact) mass is 269 g/mol. The molecule has 0 saturated heterocycles. The molecule has 2 rings (SSSR count). The third-order valence-corrected chi connectivity index (χ3v) is 4.91. The lowest BCUT2D eigenvalue weighted by Crippen LogP contribution is -2.55. The highest BCUT2D eigenvalue weighted by atomic mass is 32.2. The molecule has 1 heterocycles. The number of thioether (sulfide) groups is 1. The van der Waals surface area contributed by atoms with Gasteiger partial charge < -0.3 is 14.8 Å². The van der Waals surface area contributed by atoms with E-state index in [1.165, 1.54) is 17.7 Å². The molecule has 102 valence electrons. The fourth-order valence-corrected chi connectivity index (χ4v) is 3.66. The number of furan rings is 1. The van der Waals surface area contributed by atoms with Gasteiger partial charge in [-0.1, -0.05) is 13.8 Å². The first kappa shape index (κ1) is 14.0. The van der Waals surface area contributed by atoms with Gasteiger partial charge >= 0.3 is 0 Å². The highest BCUT2D eigenvalue weighted by Gasteiger charge is 2.45. The predicted octanol–water partition coefficient (Wildman–Crippen LogP) is 2.82. The van der Waals surface area contributed by atoms with E-state index in [4.69, 9.17) is 4.42 Å². The van der Waals surface area contributed by atoms with Gasteiger partial charge in [0.15, 0.2) is 0 Å². The highest BCUT2D eigenvalue weighted by Crippen LogP contribution is 2.42. The van der Waals surface area contributed by atoms with Crippen LogP contribution in [-0.4, -0.2) is 29.0 Å². The summed E-state index contributed by atoms with van der Waals surface area (Å²) in [6.07, 6.45) is 4.18. The zero-order valence-electron chi connectivity index (χ0n) is 11.4. The van der Waals surface area contributed by atoms with Crippen LogP contribution in [0, 0.1) is 12.8 Å². The maximum Gasteiger partial charge on any atom is 0.114 e. The molecule has 1 fully saturated rings. The Morgan fingerprint density at radius 3 is 2.72 bits per heavy atom. The van der Waals surface area contributed by atoms with Gasteiger partial charge in [-0.25, -0.2) is 0 Å². The maximum absolute atomic E-state index is 9.83. The first-order valence-corrected chi connectivity index (χ1v) is 7.61. The topological polar surface area (TPSA) is 45.4 Å². The molecule has 4 heteroatoms. The van der Waals surface area contributed by atoms with Crippen molar-refractivity contribution in [3.8, 4) is 0 Å². The van der Waals surface area contributed by atoms with Crippen LogP contribution in [-0.2, 0) is 0 Å². The SMILES string of the molecule is Cc1occc1SCC(CO)(NC(C)C)C1CC1. The van der Waals surface area contributed by atoms with Crippen molar-refractivity contribution in [2.75, 3.05) is 12.4 Å². The van der Waals surface area contributed by atoms with Crippen molar-refractivity contribution < 1.29 is 9.52 Å². The molecule has 0 radical (unpaired) electrons. The van der Waals surface area contributed by atoms with E-state index in [0.717, 1.165) is 11.5 Å². The van der Waals surface area contributed by atoms with Crippen molar-refractivity contribution in [3.05, 3.63) is 18.1 Å². The first-order chi connectivity index (χ1) is 8.57. The van der Waals surface area contributed by atoms with Gasteiger partial charge in [0.1, 0.15) is 5.76 Å². The molecule has 0 amide bonds. The highest BCUT2D eigenvalue weighted by molar-refractivity contribution is 7.99. The zero-order chi connectivity index (χ0) is 13.2. The van der Waals surface area contributed by atoms with Crippen molar-refractivity contribution >= 4 is 11.8 Å². The molecule has 0 aromatic carbocycles. The summed E-state index contributed by atoms with van der Waals surface area (Å²) in [6, 6.07) is 2.40. The summed E-state index contributed by atoms with van der Waals surface area (Å²) in [5, 5.41) is 13.4. The Morgan fingerprint density at radius 2 is 2.28 bits per heavy atom. The summed E-state index contributed by atoms with van der Waals surface area (Å²) in [4.78, 5) is 1.18. The molecule has 1 aliphatic carbocycles. The molecule has 2 N–H and O–H groups in total. The van der Waals surface area contributed by atoms with Crippen LogP contribution in [0.4, 0.5) is 0 Å². The van der Waals surface area contributed by atoms with Gasteiger partial charge in [-0.15, -0.1) is 11.8 Å². The fourth-order valence-electron chi connectivity index (χ4n) is 2.44. The lowest BCUT2D eigenvalue weighted by atomic mass is 9.95. The van der Waals surface area contributed by atoms with Gasteiger partial charge in [0, 0.05) is 16.7 Å². The number of aliphatic hydroxyl groups excluding tert-OH is 1. The van der Waals surface area contributed by atoms with Crippen LogP contribution >= 0.6 is 11.8 Å². The van der Waals surface area contributed by atoms with Gasteiger partial charge in [-0.3, -0.25) is 0 Å². The second-order valence-electron chi connectivity index (χ2n) is 5.52. The number of hydrogen-bond donors (Lipinski definition) is 2. The van der Waals surface area contributed by atoms with E-state index in [2.05, 4.69) is 19.2 Å². The lowest BCUT2D eigenvalue weighted by Gasteiger charge is -2.35. The molecular weight excluding hydrogens is 246 g/mol. The molecule has 1 aromatic heterocycles. The van der Waals surface area contributed by atoms with Crippen LogP contribution in [0.5, 0.6) is 0 Å². The number of aryl methyl sites for hydroxylation is 1. The lowest BCUT2D eigenvalue weighted by molar-refractivity contribution is 0.150. The number of aliphatic hydroxyl groups is 1. The molecule has 0 bridgehead atoms. The van der Waals surface area contributed by atoms with E-state index in [0.29, 0.717) is 12.0 Å². The van der Waals surface area contributed by atoms with Crippen LogP contribution in [0.1, 0.15) is 32.4 Å². The average molecular weight is 269 g/mol. The second-order valence-corrected chi connectivity index (χ2v) is 6.53. The Kier molecular flexibility index (Phi) is 4.41. The Hall–Kier alpha value is -0.450. The largest absolute Gasteiger partial charge is 0.468 e. The van der Waals surface area contributed by atoms with Gasteiger partial charge in [0.25, 0.3) is 0 Å².